The van der Waals surface area contributed by atoms with Crippen LogP contribution < -0.4 is 10.1 Å². The Morgan fingerprint density at radius 2 is 1.85 bits per heavy atom. The summed E-state index contributed by atoms with van der Waals surface area (Å²) in [7, 11) is 0. The lowest BCUT2D eigenvalue weighted by molar-refractivity contribution is -0.384. The summed E-state index contributed by atoms with van der Waals surface area (Å²) in [5.41, 5.74) is -0.143. The molecule has 0 bridgehead atoms. The predicted octanol–water partition coefficient (Wildman–Crippen LogP) is 2.48. The number of nitrogens with zero attached hydrogens (tertiary/aromatic N) is 1. The molecule has 1 N–H and O–H groups in total. The molecular weight excluding hydrogens is 359 g/mol. The first-order valence-corrected chi connectivity index (χ1v) is 8.02. The summed E-state index contributed by atoms with van der Waals surface area (Å²) in [5, 5.41) is 13.0. The molecule has 1 amide bonds. The number of nitrogens with one attached hydrogen (secondary N) is 1. The fourth-order valence-corrected chi connectivity index (χ4v) is 2.03. The maximum Gasteiger partial charge on any atom is 0.325 e. The van der Waals surface area contributed by atoms with Gasteiger partial charge < -0.3 is 14.8 Å². The Morgan fingerprint density at radius 1 is 1.11 bits per heavy atom. The molecule has 0 saturated carbocycles. The second-order valence-corrected chi connectivity index (χ2v) is 5.37. The van der Waals surface area contributed by atoms with Gasteiger partial charge in [0.2, 0.25) is 0 Å². The van der Waals surface area contributed by atoms with Gasteiger partial charge in [-0.2, -0.15) is 0 Å². The molecule has 2 aromatic carbocycles. The third-order valence-electron chi connectivity index (χ3n) is 3.35. The minimum atomic E-state index is -0.643. The molecule has 0 aliphatic rings. The quantitative estimate of drug-likeness (QED) is 0.312. The normalized spacial score (nSPS) is 10.1. The molecule has 9 heteroatoms. The van der Waals surface area contributed by atoms with Gasteiger partial charge in [-0.05, 0) is 30.3 Å². The van der Waals surface area contributed by atoms with Crippen LogP contribution in [-0.4, -0.2) is 36.6 Å². The molecule has 0 saturated heterocycles. The van der Waals surface area contributed by atoms with Gasteiger partial charge in [-0.25, -0.2) is 4.39 Å². The van der Waals surface area contributed by atoms with E-state index in [9.17, 15) is 24.1 Å². The van der Waals surface area contributed by atoms with Gasteiger partial charge in [0.1, 0.15) is 18.1 Å². The van der Waals surface area contributed by atoms with Crippen molar-refractivity contribution in [2.24, 2.45) is 0 Å². The van der Waals surface area contributed by atoms with Crippen molar-refractivity contribution in [1.29, 1.82) is 0 Å². The van der Waals surface area contributed by atoms with Crippen molar-refractivity contribution in [2.45, 2.75) is 6.42 Å². The van der Waals surface area contributed by atoms with Crippen LogP contribution in [0, 0.1) is 15.9 Å². The molecule has 27 heavy (non-hydrogen) atoms. The highest BCUT2D eigenvalue weighted by Crippen LogP contribution is 2.13. The zero-order valence-electron chi connectivity index (χ0n) is 14.2. The van der Waals surface area contributed by atoms with E-state index < -0.39 is 16.8 Å². The number of benzene rings is 2. The first-order valence-electron chi connectivity index (χ1n) is 8.02. The number of halogens is 1. The second kappa shape index (κ2) is 9.85. The van der Waals surface area contributed by atoms with Crippen LogP contribution in [0.4, 0.5) is 10.1 Å². The van der Waals surface area contributed by atoms with Gasteiger partial charge >= 0.3 is 5.97 Å². The van der Waals surface area contributed by atoms with Crippen LogP contribution in [0.2, 0.25) is 0 Å². The van der Waals surface area contributed by atoms with E-state index in [0.29, 0.717) is 12.2 Å². The van der Waals surface area contributed by atoms with E-state index in [1.54, 1.807) is 0 Å². The summed E-state index contributed by atoms with van der Waals surface area (Å²) in [6.07, 6.45) is 0.419. The number of hydrogen-bond donors (Lipinski definition) is 1. The molecule has 0 aliphatic heterocycles. The monoisotopic (exact) mass is 376 g/mol. The largest absolute Gasteiger partial charge is 0.493 e. The topological polar surface area (TPSA) is 108 Å². The van der Waals surface area contributed by atoms with E-state index in [0.717, 1.165) is 6.07 Å². The van der Waals surface area contributed by atoms with Gasteiger partial charge in [-0.1, -0.05) is 6.07 Å². The lowest BCUT2D eigenvalue weighted by atomic mass is 10.2. The molecule has 142 valence electrons. The number of carbonyl (C=O) groups excluding carboxylic acids is 2. The Bertz CT molecular complexity index is 810. The summed E-state index contributed by atoms with van der Waals surface area (Å²) in [6.45, 7) is 0.00596. The third-order valence-corrected chi connectivity index (χ3v) is 3.35. The van der Waals surface area contributed by atoms with Crippen LogP contribution in [0.25, 0.3) is 0 Å². The van der Waals surface area contributed by atoms with Gasteiger partial charge in [0.25, 0.3) is 11.6 Å². The van der Waals surface area contributed by atoms with Crippen molar-refractivity contribution < 1.29 is 28.4 Å². The summed E-state index contributed by atoms with van der Waals surface area (Å²) in [5.74, 6) is -1.11. The number of ether oxygens (including phenoxy) is 2. The molecule has 0 unspecified atom stereocenters. The van der Waals surface area contributed by atoms with Crippen LogP contribution in [0.1, 0.15) is 16.8 Å². The molecule has 0 heterocycles. The highest BCUT2D eigenvalue weighted by atomic mass is 19.1. The Morgan fingerprint density at radius 3 is 2.56 bits per heavy atom. The molecule has 2 rings (SSSR count). The van der Waals surface area contributed by atoms with E-state index in [-0.39, 0.29) is 36.8 Å². The standard InChI is InChI=1S/C18H17FN2O6/c19-14-5-7-16(8-6-14)26-9-2-10-27-17(22)12-20-18(23)13-3-1-4-15(11-13)21(24)25/h1,3-8,11H,2,9-10,12H2,(H,20,23). The zero-order valence-corrected chi connectivity index (χ0v) is 14.2. The molecule has 0 radical (unpaired) electrons. The van der Waals surface area contributed by atoms with E-state index in [1.165, 1.54) is 42.5 Å². The SMILES string of the molecule is O=C(CNC(=O)c1cccc([N+](=O)[O-])c1)OCCCOc1ccc(F)cc1. The number of carbonyl (C=O) groups is 2. The summed E-state index contributed by atoms with van der Waals surface area (Å²) in [6, 6.07) is 10.7. The third kappa shape index (κ3) is 6.73. The van der Waals surface area contributed by atoms with Crippen molar-refractivity contribution in [3.05, 3.63) is 70.0 Å². The van der Waals surface area contributed by atoms with Crippen molar-refractivity contribution >= 4 is 17.6 Å². The molecule has 0 aliphatic carbocycles. The highest BCUT2D eigenvalue weighted by Gasteiger charge is 2.12. The number of amides is 1. The van der Waals surface area contributed by atoms with E-state index in [4.69, 9.17) is 9.47 Å². The van der Waals surface area contributed by atoms with Crippen LogP contribution in [0.3, 0.4) is 0 Å². The minimum absolute atomic E-state index is 0.0738. The second-order valence-electron chi connectivity index (χ2n) is 5.37. The summed E-state index contributed by atoms with van der Waals surface area (Å²) < 4.78 is 23.0. The Hall–Kier alpha value is -3.49. The van der Waals surface area contributed by atoms with Crippen molar-refractivity contribution in [3.8, 4) is 5.75 Å². The first-order chi connectivity index (χ1) is 13.0. The zero-order chi connectivity index (χ0) is 19.6. The van der Waals surface area contributed by atoms with Crippen LogP contribution in [-0.2, 0) is 9.53 Å². The molecule has 2 aromatic rings. The van der Waals surface area contributed by atoms with E-state index >= 15 is 0 Å². The average molecular weight is 376 g/mol. The van der Waals surface area contributed by atoms with Crippen LogP contribution in [0.15, 0.2) is 48.5 Å². The summed E-state index contributed by atoms with van der Waals surface area (Å²) in [4.78, 5) is 33.6. The molecular formula is C18H17FN2O6. The van der Waals surface area contributed by atoms with E-state index in [2.05, 4.69) is 5.32 Å². The molecule has 0 spiro atoms. The number of rotatable bonds is 9. The smallest absolute Gasteiger partial charge is 0.325 e. The Kier molecular flexibility index (Phi) is 7.24. The first kappa shape index (κ1) is 19.8. The number of non-ortho nitro benzene ring substituents is 1. The van der Waals surface area contributed by atoms with Crippen molar-refractivity contribution in [3.63, 3.8) is 0 Å². The van der Waals surface area contributed by atoms with Crippen LogP contribution in [0.5, 0.6) is 5.75 Å². The predicted molar refractivity (Wildman–Crippen MR) is 92.9 cm³/mol. The molecule has 0 aromatic heterocycles. The molecule has 0 fully saturated rings. The van der Waals surface area contributed by atoms with E-state index in [1.807, 2.05) is 0 Å². The number of hydrogen-bond acceptors (Lipinski definition) is 6. The lowest BCUT2D eigenvalue weighted by Crippen LogP contribution is -2.30. The highest BCUT2D eigenvalue weighted by molar-refractivity contribution is 5.96. The van der Waals surface area contributed by atoms with Crippen LogP contribution >= 0.6 is 0 Å². The molecule has 8 nitrogen and oxygen atoms in total. The Labute approximate surface area is 154 Å². The Balaban J connectivity index is 1.64. The van der Waals surface area contributed by atoms with Gasteiger partial charge in [-0.15, -0.1) is 0 Å². The average Bonchev–Trinajstić information content (AvgIpc) is 2.67. The van der Waals surface area contributed by atoms with Crippen molar-refractivity contribution in [1.82, 2.24) is 5.32 Å². The maximum absolute atomic E-state index is 12.7. The minimum Gasteiger partial charge on any atom is -0.493 e. The fraction of sp³-hybridized carbons (Fsp3) is 0.222. The van der Waals surface area contributed by atoms with Gasteiger partial charge in [0.05, 0.1) is 18.1 Å². The number of esters is 1. The number of nitro groups is 1. The van der Waals surface area contributed by atoms with Gasteiger partial charge in [0, 0.05) is 24.1 Å². The fourth-order valence-electron chi connectivity index (χ4n) is 2.03. The van der Waals surface area contributed by atoms with Gasteiger partial charge in [0.15, 0.2) is 0 Å². The van der Waals surface area contributed by atoms with Gasteiger partial charge in [-0.3, -0.25) is 19.7 Å². The van der Waals surface area contributed by atoms with Crippen molar-refractivity contribution in [2.75, 3.05) is 19.8 Å². The summed E-state index contributed by atoms with van der Waals surface area (Å²) >= 11 is 0. The molecule has 0 atom stereocenters. The lowest BCUT2D eigenvalue weighted by Gasteiger charge is -2.08. The maximum atomic E-state index is 12.7. The number of nitro benzene ring substituents is 1.